The Hall–Kier alpha value is -3.35. The number of rotatable bonds is 6. The zero-order chi connectivity index (χ0) is 20.9. The summed E-state index contributed by atoms with van der Waals surface area (Å²) in [7, 11) is 3.25. The fourth-order valence-corrected chi connectivity index (χ4v) is 3.79. The zero-order valence-electron chi connectivity index (χ0n) is 17.3. The van der Waals surface area contributed by atoms with E-state index in [1.807, 2.05) is 48.5 Å². The Bertz CT molecular complexity index is 1030. The number of ether oxygens (including phenoxy) is 2. The van der Waals surface area contributed by atoms with E-state index in [9.17, 15) is 4.79 Å². The van der Waals surface area contributed by atoms with Gasteiger partial charge in [0, 0.05) is 25.6 Å². The minimum Gasteiger partial charge on any atom is -0.497 e. The highest BCUT2D eigenvalue weighted by Gasteiger charge is 2.27. The van der Waals surface area contributed by atoms with Gasteiger partial charge in [-0.25, -0.2) is 9.97 Å². The second-order valence-electron chi connectivity index (χ2n) is 7.38. The molecule has 0 bridgehead atoms. The smallest absolute Gasteiger partial charge is 0.257 e. The average Bonchev–Trinajstić information content (AvgIpc) is 2.81. The summed E-state index contributed by atoms with van der Waals surface area (Å²) < 4.78 is 10.7. The van der Waals surface area contributed by atoms with Crippen LogP contribution in [0.5, 0.6) is 11.6 Å². The molecule has 0 radical (unpaired) electrons. The van der Waals surface area contributed by atoms with Crippen molar-refractivity contribution in [2.45, 2.75) is 19.4 Å². The quantitative estimate of drug-likeness (QED) is 0.678. The van der Waals surface area contributed by atoms with Crippen molar-refractivity contribution in [3.05, 3.63) is 54.1 Å². The Labute approximate surface area is 176 Å². The average molecular weight is 406 g/mol. The number of hydrogen-bond acceptors (Lipinski definition) is 6. The lowest BCUT2D eigenvalue weighted by atomic mass is 9.96. The third-order valence-electron chi connectivity index (χ3n) is 5.48. The second-order valence-corrected chi connectivity index (χ2v) is 7.38. The lowest BCUT2D eigenvalue weighted by Crippen LogP contribution is -2.40. The first-order valence-electron chi connectivity index (χ1n) is 10.1. The van der Waals surface area contributed by atoms with Gasteiger partial charge in [-0.05, 0) is 42.7 Å². The fraction of sp³-hybridized carbons (Fsp3) is 0.348. The van der Waals surface area contributed by atoms with Crippen LogP contribution in [0, 0.1) is 5.92 Å². The summed E-state index contributed by atoms with van der Waals surface area (Å²) in [6.45, 7) is 1.97. The van der Waals surface area contributed by atoms with Gasteiger partial charge in [-0.2, -0.15) is 0 Å². The maximum atomic E-state index is 12.7. The summed E-state index contributed by atoms with van der Waals surface area (Å²) in [5.41, 5.74) is 2.67. The van der Waals surface area contributed by atoms with E-state index in [0.717, 1.165) is 54.1 Å². The van der Waals surface area contributed by atoms with E-state index in [1.54, 1.807) is 14.2 Å². The number of nitrogens with zero attached hydrogens (tertiary/aromatic N) is 3. The van der Waals surface area contributed by atoms with Gasteiger partial charge in [-0.1, -0.05) is 24.3 Å². The lowest BCUT2D eigenvalue weighted by Gasteiger charge is -2.32. The largest absolute Gasteiger partial charge is 0.497 e. The molecule has 1 fully saturated rings. The summed E-state index contributed by atoms with van der Waals surface area (Å²) in [6, 6.07) is 15.5. The van der Waals surface area contributed by atoms with Crippen LogP contribution < -0.4 is 19.7 Å². The lowest BCUT2D eigenvalue weighted by molar-refractivity contribution is -0.125. The van der Waals surface area contributed by atoms with Crippen molar-refractivity contribution in [2.24, 2.45) is 5.92 Å². The number of para-hydroxylation sites is 2. The monoisotopic (exact) mass is 406 g/mol. The first kappa shape index (κ1) is 19.9. The van der Waals surface area contributed by atoms with E-state index in [0.29, 0.717) is 12.4 Å². The molecule has 0 unspecified atom stereocenters. The van der Waals surface area contributed by atoms with Gasteiger partial charge in [0.05, 0.1) is 25.3 Å². The Morgan fingerprint density at radius 3 is 2.47 bits per heavy atom. The van der Waals surface area contributed by atoms with Crippen LogP contribution in [0.15, 0.2) is 48.5 Å². The molecule has 4 rings (SSSR count). The van der Waals surface area contributed by atoms with E-state index < -0.39 is 0 Å². The van der Waals surface area contributed by atoms with Crippen molar-refractivity contribution in [3.63, 3.8) is 0 Å². The number of carbonyl (C=O) groups is 1. The molecule has 7 heteroatoms. The first-order valence-corrected chi connectivity index (χ1v) is 10.1. The number of methoxy groups -OCH3 is 2. The van der Waals surface area contributed by atoms with Crippen LogP contribution in [0.2, 0.25) is 0 Å². The zero-order valence-corrected chi connectivity index (χ0v) is 17.3. The van der Waals surface area contributed by atoms with Crippen LogP contribution in [0.4, 0.5) is 5.82 Å². The van der Waals surface area contributed by atoms with Gasteiger partial charge in [-0.15, -0.1) is 0 Å². The molecular formula is C23H26N4O3. The molecule has 3 aromatic rings. The molecule has 156 valence electrons. The predicted molar refractivity (Wildman–Crippen MR) is 116 cm³/mol. The molecular weight excluding hydrogens is 380 g/mol. The number of fused-ring (bicyclic) bond motifs is 1. The molecule has 2 heterocycles. The molecule has 2 aromatic carbocycles. The molecule has 1 aliphatic heterocycles. The molecule has 0 aliphatic carbocycles. The summed E-state index contributed by atoms with van der Waals surface area (Å²) in [4.78, 5) is 24.2. The van der Waals surface area contributed by atoms with E-state index in [1.165, 1.54) is 0 Å². The summed E-state index contributed by atoms with van der Waals surface area (Å²) in [5.74, 6) is 2.14. The fourth-order valence-electron chi connectivity index (χ4n) is 3.79. The molecule has 1 saturated heterocycles. The van der Waals surface area contributed by atoms with Crippen LogP contribution >= 0.6 is 0 Å². The number of amides is 1. The van der Waals surface area contributed by atoms with Gasteiger partial charge in [0.2, 0.25) is 5.91 Å². The van der Waals surface area contributed by atoms with Crippen molar-refractivity contribution >= 4 is 22.8 Å². The number of nitrogens with one attached hydrogen (secondary N) is 1. The first-order chi connectivity index (χ1) is 14.7. The third-order valence-corrected chi connectivity index (χ3v) is 5.48. The normalized spacial score (nSPS) is 14.5. The molecule has 0 spiro atoms. The maximum Gasteiger partial charge on any atom is 0.257 e. The van der Waals surface area contributed by atoms with Crippen LogP contribution in [-0.2, 0) is 11.3 Å². The van der Waals surface area contributed by atoms with Gasteiger partial charge >= 0.3 is 0 Å². The van der Waals surface area contributed by atoms with Gasteiger partial charge in [0.15, 0.2) is 5.82 Å². The van der Waals surface area contributed by atoms with E-state index in [2.05, 4.69) is 15.2 Å². The van der Waals surface area contributed by atoms with Crippen molar-refractivity contribution in [3.8, 4) is 11.6 Å². The molecule has 1 amide bonds. The molecule has 0 saturated carbocycles. The van der Waals surface area contributed by atoms with E-state index in [-0.39, 0.29) is 11.8 Å². The highest BCUT2D eigenvalue weighted by atomic mass is 16.5. The number of anilines is 1. The SMILES string of the molecule is COc1cccc(CNC(=O)C2CCN(c3nc4ccccc4nc3OC)CC2)c1. The number of aromatic nitrogens is 2. The highest BCUT2D eigenvalue weighted by molar-refractivity contribution is 5.79. The Balaban J connectivity index is 1.37. The molecule has 1 aromatic heterocycles. The Morgan fingerprint density at radius 1 is 1.03 bits per heavy atom. The van der Waals surface area contributed by atoms with Crippen LogP contribution in [0.3, 0.4) is 0 Å². The molecule has 30 heavy (non-hydrogen) atoms. The van der Waals surface area contributed by atoms with Crippen molar-refractivity contribution < 1.29 is 14.3 Å². The summed E-state index contributed by atoms with van der Waals surface area (Å²) >= 11 is 0. The summed E-state index contributed by atoms with van der Waals surface area (Å²) in [6.07, 6.45) is 1.53. The van der Waals surface area contributed by atoms with Gasteiger partial charge in [0.25, 0.3) is 5.88 Å². The van der Waals surface area contributed by atoms with E-state index >= 15 is 0 Å². The predicted octanol–water partition coefficient (Wildman–Crippen LogP) is 3.18. The topological polar surface area (TPSA) is 76.6 Å². The van der Waals surface area contributed by atoms with Gasteiger partial charge in [-0.3, -0.25) is 4.79 Å². The van der Waals surface area contributed by atoms with Crippen LogP contribution in [0.1, 0.15) is 18.4 Å². The minimum atomic E-state index is -0.00808. The van der Waals surface area contributed by atoms with E-state index in [4.69, 9.17) is 14.5 Å². The van der Waals surface area contributed by atoms with Crippen molar-refractivity contribution in [1.29, 1.82) is 0 Å². The van der Waals surface area contributed by atoms with Crippen molar-refractivity contribution in [2.75, 3.05) is 32.2 Å². The third kappa shape index (κ3) is 4.30. The van der Waals surface area contributed by atoms with Crippen LogP contribution in [0.25, 0.3) is 11.0 Å². The number of benzene rings is 2. The second kappa shape index (κ2) is 8.98. The molecule has 0 atom stereocenters. The number of piperidine rings is 1. The molecule has 1 aliphatic rings. The minimum absolute atomic E-state index is 0.00808. The molecule has 7 nitrogen and oxygen atoms in total. The maximum absolute atomic E-state index is 12.7. The highest BCUT2D eigenvalue weighted by Crippen LogP contribution is 2.30. The van der Waals surface area contributed by atoms with Crippen LogP contribution in [-0.4, -0.2) is 43.2 Å². The van der Waals surface area contributed by atoms with Gasteiger partial charge < -0.3 is 19.7 Å². The number of hydrogen-bond donors (Lipinski definition) is 1. The molecule has 1 N–H and O–H groups in total. The standard InChI is InChI=1S/C23H26N4O3/c1-29-18-7-5-6-16(14-18)15-24-22(28)17-10-12-27(13-11-17)21-23(30-2)26-20-9-4-3-8-19(20)25-21/h3-9,14,17H,10-13,15H2,1-2H3,(H,24,28). The Kier molecular flexibility index (Phi) is 5.97. The summed E-state index contributed by atoms with van der Waals surface area (Å²) in [5, 5.41) is 3.06. The van der Waals surface area contributed by atoms with Crippen molar-refractivity contribution in [1.82, 2.24) is 15.3 Å². The Morgan fingerprint density at radius 2 is 1.77 bits per heavy atom. The number of carbonyl (C=O) groups excluding carboxylic acids is 1. The van der Waals surface area contributed by atoms with Gasteiger partial charge in [0.1, 0.15) is 5.75 Å².